The Morgan fingerprint density at radius 3 is 2.42 bits per heavy atom. The number of aliphatic imine (C=N–C) groups is 1. The Kier molecular flexibility index (Phi) is 4.66. The third-order valence-corrected chi connectivity index (χ3v) is 1.46. The topological polar surface area (TPSA) is 62.4 Å². The van der Waals surface area contributed by atoms with Gasteiger partial charge in [0.05, 0.1) is 0 Å². The quantitative estimate of drug-likeness (QED) is 0.251. The van der Waals surface area contributed by atoms with Crippen molar-refractivity contribution in [2.75, 3.05) is 13.6 Å². The minimum Gasteiger partial charge on any atom is -0.369 e. The predicted molar refractivity (Wildman–Crippen MR) is 52.8 cm³/mol. The standard InChI is InChI=1S/C8H20N4/c1-8(2,3)5-6-11-12-7(9)10-4/h11H,5-6H2,1-4H3,(H3,9,10,12). The van der Waals surface area contributed by atoms with E-state index in [1.54, 1.807) is 7.05 Å². The molecule has 0 aromatic carbocycles. The SMILES string of the molecule is CN=C(N)NNCCC(C)(C)C. The average molecular weight is 172 g/mol. The van der Waals surface area contributed by atoms with Crippen LogP contribution in [0.5, 0.6) is 0 Å². The van der Waals surface area contributed by atoms with Crippen molar-refractivity contribution >= 4 is 5.96 Å². The summed E-state index contributed by atoms with van der Waals surface area (Å²) in [5.41, 5.74) is 11.5. The van der Waals surface area contributed by atoms with Crippen molar-refractivity contribution in [3.63, 3.8) is 0 Å². The van der Waals surface area contributed by atoms with Crippen molar-refractivity contribution in [3.05, 3.63) is 0 Å². The molecule has 0 aromatic rings. The van der Waals surface area contributed by atoms with Crippen LogP contribution < -0.4 is 16.6 Å². The predicted octanol–water partition coefficient (Wildman–Crippen LogP) is 0.461. The van der Waals surface area contributed by atoms with Crippen LogP contribution in [0.4, 0.5) is 0 Å². The number of hydrazine groups is 1. The third kappa shape index (κ3) is 7.34. The van der Waals surface area contributed by atoms with E-state index in [0.29, 0.717) is 11.4 Å². The molecule has 0 aliphatic carbocycles. The summed E-state index contributed by atoms with van der Waals surface area (Å²) in [5.74, 6) is 0.420. The molecule has 4 N–H and O–H groups in total. The zero-order valence-electron chi connectivity index (χ0n) is 8.44. The monoisotopic (exact) mass is 172 g/mol. The van der Waals surface area contributed by atoms with Crippen molar-refractivity contribution in [2.45, 2.75) is 27.2 Å². The molecular formula is C8H20N4. The average Bonchev–Trinajstić information content (AvgIpc) is 1.96. The first-order chi connectivity index (χ1) is 5.45. The van der Waals surface area contributed by atoms with Crippen molar-refractivity contribution in [3.8, 4) is 0 Å². The molecule has 0 aromatic heterocycles. The van der Waals surface area contributed by atoms with Gasteiger partial charge in [0.2, 0.25) is 5.96 Å². The molecule has 0 amide bonds. The van der Waals surface area contributed by atoms with E-state index >= 15 is 0 Å². The van der Waals surface area contributed by atoms with Crippen LogP contribution in [0.1, 0.15) is 27.2 Å². The first-order valence-electron chi connectivity index (χ1n) is 4.17. The van der Waals surface area contributed by atoms with E-state index in [9.17, 15) is 0 Å². The lowest BCUT2D eigenvalue weighted by Gasteiger charge is -2.18. The summed E-state index contributed by atoms with van der Waals surface area (Å²) in [6.45, 7) is 7.49. The number of rotatable bonds is 3. The number of hydrogen-bond acceptors (Lipinski definition) is 2. The van der Waals surface area contributed by atoms with Gasteiger partial charge in [0.25, 0.3) is 0 Å². The number of nitrogens with zero attached hydrogens (tertiary/aromatic N) is 1. The highest BCUT2D eigenvalue weighted by atomic mass is 15.4. The van der Waals surface area contributed by atoms with Gasteiger partial charge in [-0.05, 0) is 11.8 Å². The third-order valence-electron chi connectivity index (χ3n) is 1.46. The lowest BCUT2D eigenvalue weighted by Crippen LogP contribution is -2.43. The molecule has 0 heterocycles. The Morgan fingerprint density at radius 1 is 1.42 bits per heavy atom. The molecule has 0 rings (SSSR count). The maximum atomic E-state index is 5.40. The van der Waals surface area contributed by atoms with E-state index in [1.807, 2.05) is 0 Å². The molecule has 0 unspecified atom stereocenters. The van der Waals surface area contributed by atoms with E-state index in [2.05, 4.69) is 36.6 Å². The number of hydrogen-bond donors (Lipinski definition) is 3. The Bertz CT molecular complexity index is 146. The van der Waals surface area contributed by atoms with Crippen LogP contribution in [0.3, 0.4) is 0 Å². The van der Waals surface area contributed by atoms with Gasteiger partial charge in [-0.2, -0.15) is 0 Å². The van der Waals surface area contributed by atoms with Crippen LogP contribution in [0.2, 0.25) is 0 Å². The molecule has 0 atom stereocenters. The van der Waals surface area contributed by atoms with Gasteiger partial charge in [-0.25, -0.2) is 5.43 Å². The Balaban J connectivity index is 3.34. The van der Waals surface area contributed by atoms with E-state index < -0.39 is 0 Å². The first kappa shape index (κ1) is 11.2. The van der Waals surface area contributed by atoms with E-state index in [4.69, 9.17) is 5.73 Å². The summed E-state index contributed by atoms with van der Waals surface area (Å²) >= 11 is 0. The van der Waals surface area contributed by atoms with Crippen LogP contribution >= 0.6 is 0 Å². The van der Waals surface area contributed by atoms with Gasteiger partial charge in [0.1, 0.15) is 0 Å². The highest BCUT2D eigenvalue weighted by molar-refractivity contribution is 5.76. The number of nitrogens with one attached hydrogen (secondary N) is 2. The van der Waals surface area contributed by atoms with Crippen molar-refractivity contribution in [2.24, 2.45) is 16.1 Å². The van der Waals surface area contributed by atoms with Crippen molar-refractivity contribution in [1.82, 2.24) is 10.9 Å². The highest BCUT2D eigenvalue weighted by Crippen LogP contribution is 2.16. The second-order valence-electron chi connectivity index (χ2n) is 3.97. The van der Waals surface area contributed by atoms with Gasteiger partial charge >= 0.3 is 0 Å². The Hall–Kier alpha value is -0.770. The number of guanidine groups is 1. The minimum absolute atomic E-state index is 0.354. The van der Waals surface area contributed by atoms with Gasteiger partial charge in [-0.1, -0.05) is 20.8 Å². The molecule has 0 aliphatic heterocycles. The molecule has 0 spiro atoms. The molecule has 0 fully saturated rings. The lowest BCUT2D eigenvalue weighted by atomic mass is 9.93. The summed E-state index contributed by atoms with van der Waals surface area (Å²) in [6.07, 6.45) is 1.09. The molecule has 0 saturated heterocycles. The lowest BCUT2D eigenvalue weighted by molar-refractivity contribution is 0.363. The van der Waals surface area contributed by atoms with E-state index in [0.717, 1.165) is 13.0 Å². The van der Waals surface area contributed by atoms with Crippen LogP contribution in [-0.4, -0.2) is 19.6 Å². The van der Waals surface area contributed by atoms with Crippen LogP contribution in [0, 0.1) is 5.41 Å². The van der Waals surface area contributed by atoms with E-state index in [-0.39, 0.29) is 0 Å². The molecule has 4 nitrogen and oxygen atoms in total. The fraction of sp³-hybridized carbons (Fsp3) is 0.875. The fourth-order valence-corrected chi connectivity index (χ4v) is 0.646. The fourth-order valence-electron chi connectivity index (χ4n) is 0.646. The summed E-state index contributed by atoms with van der Waals surface area (Å²) < 4.78 is 0. The maximum absolute atomic E-state index is 5.40. The normalized spacial score (nSPS) is 13.2. The molecule has 4 heteroatoms. The van der Waals surface area contributed by atoms with Gasteiger partial charge < -0.3 is 5.73 Å². The second-order valence-corrected chi connectivity index (χ2v) is 3.97. The van der Waals surface area contributed by atoms with Crippen LogP contribution in [0.15, 0.2) is 4.99 Å². The van der Waals surface area contributed by atoms with Gasteiger partial charge in [0.15, 0.2) is 0 Å². The van der Waals surface area contributed by atoms with E-state index in [1.165, 1.54) is 0 Å². The summed E-state index contributed by atoms with van der Waals surface area (Å²) in [4.78, 5) is 3.74. The molecule has 0 bridgehead atoms. The molecule has 0 saturated carbocycles. The van der Waals surface area contributed by atoms with Gasteiger partial charge in [0, 0.05) is 13.6 Å². The van der Waals surface area contributed by atoms with Gasteiger partial charge in [-0.3, -0.25) is 10.4 Å². The summed E-state index contributed by atoms with van der Waals surface area (Å²) in [6, 6.07) is 0. The first-order valence-corrected chi connectivity index (χ1v) is 4.17. The minimum atomic E-state index is 0.354. The number of nitrogens with two attached hydrogens (primary N) is 1. The molecular weight excluding hydrogens is 152 g/mol. The largest absolute Gasteiger partial charge is 0.369 e. The van der Waals surface area contributed by atoms with Crippen LogP contribution in [0.25, 0.3) is 0 Å². The summed E-state index contributed by atoms with van der Waals surface area (Å²) in [7, 11) is 1.65. The molecule has 0 radical (unpaired) electrons. The summed E-state index contributed by atoms with van der Waals surface area (Å²) in [5, 5.41) is 0. The smallest absolute Gasteiger partial charge is 0.202 e. The molecule has 12 heavy (non-hydrogen) atoms. The maximum Gasteiger partial charge on any atom is 0.202 e. The Labute approximate surface area is 74.6 Å². The molecule has 72 valence electrons. The molecule has 0 aliphatic rings. The van der Waals surface area contributed by atoms with Crippen molar-refractivity contribution in [1.29, 1.82) is 0 Å². The van der Waals surface area contributed by atoms with Gasteiger partial charge in [-0.15, -0.1) is 0 Å². The van der Waals surface area contributed by atoms with Crippen molar-refractivity contribution < 1.29 is 0 Å². The zero-order valence-corrected chi connectivity index (χ0v) is 8.44. The highest BCUT2D eigenvalue weighted by Gasteiger charge is 2.08. The Morgan fingerprint density at radius 2 is 2.00 bits per heavy atom. The van der Waals surface area contributed by atoms with Crippen LogP contribution in [-0.2, 0) is 0 Å². The second kappa shape index (κ2) is 4.98. The zero-order chi connectivity index (χ0) is 9.61.